The summed E-state index contributed by atoms with van der Waals surface area (Å²) in [5.74, 6) is -1.23. The molecule has 0 unspecified atom stereocenters. The number of rotatable bonds is 6. The first-order valence-corrected chi connectivity index (χ1v) is 6.92. The van der Waals surface area contributed by atoms with Crippen LogP contribution in [0.5, 0.6) is 0 Å². The van der Waals surface area contributed by atoms with Gasteiger partial charge in [0.05, 0.1) is 11.1 Å². The number of hydrogen-bond acceptors (Lipinski definition) is 6. The van der Waals surface area contributed by atoms with Crippen LogP contribution in [0.2, 0.25) is 0 Å². The first-order valence-electron chi connectivity index (χ1n) is 5.65. The zero-order chi connectivity index (χ0) is 14.4. The lowest BCUT2D eigenvalue weighted by Crippen LogP contribution is -2.29. The van der Waals surface area contributed by atoms with Gasteiger partial charge in [0.2, 0.25) is 0 Å². The summed E-state index contributed by atoms with van der Waals surface area (Å²) < 4.78 is 0. The molecule has 0 radical (unpaired) electrons. The third-order valence-corrected chi connectivity index (χ3v) is 2.94. The SMILES string of the molecule is O=C(NCCS)C1=C(O)C(O)=C(C(=O)NCCS)C1. The van der Waals surface area contributed by atoms with E-state index in [2.05, 4.69) is 35.9 Å². The molecule has 0 aromatic rings. The molecule has 0 saturated carbocycles. The molecule has 1 rings (SSSR count). The van der Waals surface area contributed by atoms with Crippen molar-refractivity contribution in [2.45, 2.75) is 6.42 Å². The number of hydrogen-bond donors (Lipinski definition) is 6. The molecule has 1 aliphatic carbocycles. The minimum absolute atomic E-state index is 0.0182. The zero-order valence-electron chi connectivity index (χ0n) is 10.1. The lowest BCUT2D eigenvalue weighted by molar-refractivity contribution is -0.117. The second-order valence-electron chi connectivity index (χ2n) is 3.79. The maximum absolute atomic E-state index is 11.7. The number of amides is 2. The van der Waals surface area contributed by atoms with E-state index >= 15 is 0 Å². The van der Waals surface area contributed by atoms with Gasteiger partial charge >= 0.3 is 0 Å². The van der Waals surface area contributed by atoms with Gasteiger partial charge in [0.15, 0.2) is 11.5 Å². The Morgan fingerprint density at radius 2 is 1.32 bits per heavy atom. The van der Waals surface area contributed by atoms with Crippen LogP contribution >= 0.6 is 25.3 Å². The average molecular weight is 304 g/mol. The van der Waals surface area contributed by atoms with Crippen LogP contribution in [-0.4, -0.2) is 46.6 Å². The summed E-state index contributed by atoms with van der Waals surface area (Å²) in [6, 6.07) is 0. The van der Waals surface area contributed by atoms with Gasteiger partial charge in [-0.25, -0.2) is 0 Å². The fourth-order valence-electron chi connectivity index (χ4n) is 1.56. The highest BCUT2D eigenvalue weighted by Gasteiger charge is 2.31. The molecule has 19 heavy (non-hydrogen) atoms. The molecule has 6 nitrogen and oxygen atoms in total. The summed E-state index contributed by atoms with van der Waals surface area (Å²) in [7, 11) is 0. The molecule has 2 amide bonds. The number of nitrogens with one attached hydrogen (secondary N) is 2. The molecule has 0 aliphatic heterocycles. The number of thiol groups is 2. The van der Waals surface area contributed by atoms with Crippen LogP contribution in [0.15, 0.2) is 22.7 Å². The molecule has 4 N–H and O–H groups in total. The van der Waals surface area contributed by atoms with Crippen molar-refractivity contribution in [3.8, 4) is 0 Å². The Labute approximate surface area is 121 Å². The predicted octanol–water partition coefficient (Wildman–Crippen LogP) is 0.106. The topological polar surface area (TPSA) is 98.7 Å². The van der Waals surface area contributed by atoms with Crippen molar-refractivity contribution in [3.63, 3.8) is 0 Å². The minimum Gasteiger partial charge on any atom is -0.504 e. The van der Waals surface area contributed by atoms with Crippen LogP contribution in [0.25, 0.3) is 0 Å². The Balaban J connectivity index is 2.74. The van der Waals surface area contributed by atoms with Gasteiger partial charge in [-0.05, 0) is 0 Å². The molecule has 0 heterocycles. The lowest BCUT2D eigenvalue weighted by Gasteiger charge is -2.06. The summed E-state index contributed by atoms with van der Waals surface area (Å²) in [6.45, 7) is 0.668. The summed E-state index contributed by atoms with van der Waals surface area (Å²) in [5.41, 5.74) is -0.0365. The van der Waals surface area contributed by atoms with E-state index in [9.17, 15) is 19.8 Å². The Hall–Kier alpha value is -1.28. The molecule has 8 heteroatoms. The Bertz CT molecular complexity index is 406. The summed E-state index contributed by atoms with van der Waals surface area (Å²) in [4.78, 5) is 23.4. The van der Waals surface area contributed by atoms with Crippen molar-refractivity contribution in [1.29, 1.82) is 0 Å². The molecule has 0 fully saturated rings. The molecule has 106 valence electrons. The first-order chi connectivity index (χ1) is 9.02. The van der Waals surface area contributed by atoms with Crippen LogP contribution in [0.4, 0.5) is 0 Å². The van der Waals surface area contributed by atoms with E-state index in [1.165, 1.54) is 0 Å². The fraction of sp³-hybridized carbons (Fsp3) is 0.455. The third-order valence-electron chi connectivity index (χ3n) is 2.49. The van der Waals surface area contributed by atoms with E-state index < -0.39 is 23.3 Å². The van der Waals surface area contributed by atoms with Crippen LogP contribution in [0, 0.1) is 0 Å². The van der Waals surface area contributed by atoms with E-state index in [1.807, 2.05) is 0 Å². The van der Waals surface area contributed by atoms with Gasteiger partial charge in [-0.2, -0.15) is 25.3 Å². The monoisotopic (exact) mass is 304 g/mol. The Kier molecular flexibility index (Phi) is 6.10. The summed E-state index contributed by atoms with van der Waals surface area (Å²) >= 11 is 7.88. The predicted molar refractivity (Wildman–Crippen MR) is 77.7 cm³/mol. The van der Waals surface area contributed by atoms with E-state index in [4.69, 9.17) is 0 Å². The smallest absolute Gasteiger partial charge is 0.251 e. The highest BCUT2D eigenvalue weighted by molar-refractivity contribution is 7.80. The van der Waals surface area contributed by atoms with Crippen LogP contribution < -0.4 is 10.6 Å². The van der Waals surface area contributed by atoms with Crippen molar-refractivity contribution < 1.29 is 19.8 Å². The van der Waals surface area contributed by atoms with Gasteiger partial charge in [0.25, 0.3) is 11.8 Å². The van der Waals surface area contributed by atoms with Crippen molar-refractivity contribution >= 4 is 37.1 Å². The van der Waals surface area contributed by atoms with E-state index in [1.54, 1.807) is 0 Å². The molecule has 0 saturated heterocycles. The number of carbonyl (C=O) groups is 2. The lowest BCUT2D eigenvalue weighted by atomic mass is 10.1. The molecule has 0 spiro atoms. The largest absolute Gasteiger partial charge is 0.504 e. The summed E-state index contributed by atoms with van der Waals surface area (Å²) in [5, 5.41) is 24.4. The molecule has 1 aliphatic rings. The van der Waals surface area contributed by atoms with Crippen LogP contribution in [-0.2, 0) is 9.59 Å². The normalized spacial score (nSPS) is 14.8. The van der Waals surface area contributed by atoms with Gasteiger partial charge in [-0.1, -0.05) is 0 Å². The second-order valence-corrected chi connectivity index (χ2v) is 4.68. The minimum atomic E-state index is -0.548. The third kappa shape index (κ3) is 3.84. The summed E-state index contributed by atoms with van der Waals surface area (Å²) in [6.07, 6.45) is -0.103. The standard InChI is InChI=1S/C11H16N2O4S2/c14-8-6(10(16)12-1-3-18)5-7(9(8)15)11(17)13-2-4-19/h14-15,18-19H,1-5H2,(H,12,16)(H,13,17). The van der Waals surface area contributed by atoms with Gasteiger partial charge in [0, 0.05) is 31.0 Å². The number of aliphatic hydroxyl groups excluding tert-OH is 2. The molecule has 0 aromatic heterocycles. The zero-order valence-corrected chi connectivity index (χ0v) is 11.9. The highest BCUT2D eigenvalue weighted by Crippen LogP contribution is 2.29. The molecular weight excluding hydrogens is 288 g/mol. The van der Waals surface area contributed by atoms with Crippen molar-refractivity contribution in [1.82, 2.24) is 10.6 Å². The van der Waals surface area contributed by atoms with Crippen molar-refractivity contribution in [2.24, 2.45) is 0 Å². The maximum atomic E-state index is 11.7. The quantitative estimate of drug-likeness (QED) is 0.392. The molecule has 0 bridgehead atoms. The van der Waals surface area contributed by atoms with Gasteiger partial charge in [0.1, 0.15) is 0 Å². The van der Waals surface area contributed by atoms with Crippen LogP contribution in [0.1, 0.15) is 6.42 Å². The van der Waals surface area contributed by atoms with E-state index in [0.29, 0.717) is 24.6 Å². The molecule has 0 aromatic carbocycles. The van der Waals surface area contributed by atoms with Crippen LogP contribution in [0.3, 0.4) is 0 Å². The average Bonchev–Trinajstić information content (AvgIpc) is 2.70. The first kappa shape index (κ1) is 15.8. The van der Waals surface area contributed by atoms with Crippen molar-refractivity contribution in [2.75, 3.05) is 24.6 Å². The van der Waals surface area contributed by atoms with Crippen molar-refractivity contribution in [3.05, 3.63) is 22.7 Å². The fourth-order valence-corrected chi connectivity index (χ4v) is 1.78. The van der Waals surface area contributed by atoms with E-state index in [0.717, 1.165) is 0 Å². The molecular formula is C11H16N2O4S2. The highest BCUT2D eigenvalue weighted by atomic mass is 32.1. The van der Waals surface area contributed by atoms with E-state index in [-0.39, 0.29) is 17.6 Å². The van der Waals surface area contributed by atoms with Gasteiger partial charge in [-0.15, -0.1) is 0 Å². The number of carbonyl (C=O) groups excluding carboxylic acids is 2. The number of aliphatic hydroxyl groups is 2. The second kappa shape index (κ2) is 7.34. The molecule has 0 atom stereocenters. The Morgan fingerprint density at radius 3 is 1.63 bits per heavy atom. The van der Waals surface area contributed by atoms with Gasteiger partial charge in [-0.3, -0.25) is 9.59 Å². The van der Waals surface area contributed by atoms with Gasteiger partial charge < -0.3 is 20.8 Å². The maximum Gasteiger partial charge on any atom is 0.251 e. The Morgan fingerprint density at radius 1 is 0.947 bits per heavy atom.